The van der Waals surface area contributed by atoms with Gasteiger partial charge in [0.1, 0.15) is 6.73 Å². The minimum absolute atomic E-state index is 0.0376. The van der Waals surface area contributed by atoms with Gasteiger partial charge in [0, 0.05) is 0 Å². The lowest BCUT2D eigenvalue weighted by Gasteiger charge is -2.16. The molecule has 0 saturated carbocycles. The van der Waals surface area contributed by atoms with Gasteiger partial charge in [-0.2, -0.15) is 0 Å². The van der Waals surface area contributed by atoms with Crippen molar-refractivity contribution in [2.45, 2.75) is 6.04 Å². The fraction of sp³-hybridized carbons (Fsp3) is 0.800. The molecule has 1 rings (SSSR count). The molecule has 0 aromatic carbocycles. The maximum atomic E-state index is 10.8. The molecule has 1 unspecified atom stereocenters. The van der Waals surface area contributed by atoms with Crippen LogP contribution in [0.4, 0.5) is 4.79 Å². The molecule has 64 valence electrons. The number of carbonyl (C=O) groups is 1. The second-order valence-electron chi connectivity index (χ2n) is 2.31. The van der Waals surface area contributed by atoms with Crippen LogP contribution in [0, 0.1) is 0 Å². The Hall–Kier alpha value is -0.850. The number of hydrogen-bond acceptors (Lipinski definition) is 4. The molecule has 0 aliphatic carbocycles. The van der Waals surface area contributed by atoms with Crippen molar-refractivity contribution in [3.63, 3.8) is 0 Å². The second kappa shape index (κ2) is 3.04. The molecule has 2 amide bonds. The molecule has 0 bridgehead atoms. The van der Waals surface area contributed by atoms with Crippen LogP contribution in [0.1, 0.15) is 0 Å². The van der Waals surface area contributed by atoms with Crippen LogP contribution < -0.4 is 0 Å². The highest BCUT2D eigenvalue weighted by atomic mass is 16.5. The number of aliphatic hydroxyl groups is 2. The van der Waals surface area contributed by atoms with Crippen molar-refractivity contribution in [2.24, 2.45) is 0 Å². The normalized spacial score (nSPS) is 25.0. The number of rotatable bonds is 2. The minimum Gasteiger partial charge on any atom is -0.394 e. The van der Waals surface area contributed by atoms with E-state index in [-0.39, 0.29) is 13.2 Å². The molecule has 0 radical (unpaired) electrons. The lowest BCUT2D eigenvalue weighted by Crippen LogP contribution is -2.37. The summed E-state index contributed by atoms with van der Waals surface area (Å²) >= 11 is 0. The average molecular weight is 162 g/mol. The predicted molar refractivity (Wildman–Crippen MR) is 33.7 cm³/mol. The molecule has 6 nitrogen and oxygen atoms in total. The topological polar surface area (TPSA) is 84.2 Å². The Morgan fingerprint density at radius 3 is 2.55 bits per heavy atom. The first-order valence-corrected chi connectivity index (χ1v) is 3.19. The summed E-state index contributed by atoms with van der Waals surface area (Å²) in [6, 6.07) is -1.18. The molecule has 0 aromatic heterocycles. The van der Waals surface area contributed by atoms with Crippen molar-refractivity contribution in [2.75, 3.05) is 19.9 Å². The van der Waals surface area contributed by atoms with Gasteiger partial charge in [0.05, 0.1) is 19.2 Å². The van der Waals surface area contributed by atoms with Gasteiger partial charge in [-0.3, -0.25) is 10.1 Å². The molecule has 1 saturated heterocycles. The van der Waals surface area contributed by atoms with Crippen LogP contribution in [0.25, 0.3) is 0 Å². The summed E-state index contributed by atoms with van der Waals surface area (Å²) < 4.78 is 0. The quantitative estimate of drug-likeness (QED) is 0.428. The number of nitrogens with zero attached hydrogens (tertiary/aromatic N) is 2. The van der Waals surface area contributed by atoms with Crippen LogP contribution in [-0.4, -0.2) is 57.3 Å². The highest BCUT2D eigenvalue weighted by Gasteiger charge is 2.35. The SMILES string of the molecule is O=C1N(O)CC(CO)N1CO. The monoisotopic (exact) mass is 162 g/mol. The number of amides is 2. The van der Waals surface area contributed by atoms with E-state index in [1.807, 2.05) is 0 Å². The van der Waals surface area contributed by atoms with E-state index in [9.17, 15) is 4.79 Å². The molecule has 3 N–H and O–H groups in total. The Kier molecular flexibility index (Phi) is 2.28. The molecule has 1 heterocycles. The Morgan fingerprint density at radius 2 is 2.18 bits per heavy atom. The first-order chi connectivity index (χ1) is 5.20. The zero-order chi connectivity index (χ0) is 8.43. The Bertz CT molecular complexity index is 163. The lowest BCUT2D eigenvalue weighted by molar-refractivity contribution is -0.0303. The maximum absolute atomic E-state index is 10.8. The van der Waals surface area contributed by atoms with Gasteiger partial charge < -0.3 is 10.2 Å². The van der Waals surface area contributed by atoms with E-state index in [0.717, 1.165) is 4.90 Å². The van der Waals surface area contributed by atoms with Crippen molar-refractivity contribution in [1.82, 2.24) is 9.96 Å². The van der Waals surface area contributed by atoms with E-state index in [1.165, 1.54) is 0 Å². The van der Waals surface area contributed by atoms with Gasteiger partial charge >= 0.3 is 6.03 Å². The van der Waals surface area contributed by atoms with Crippen molar-refractivity contribution in [1.29, 1.82) is 0 Å². The molecule has 1 aliphatic rings. The first-order valence-electron chi connectivity index (χ1n) is 3.19. The molecule has 0 spiro atoms. The van der Waals surface area contributed by atoms with Crippen LogP contribution in [0.2, 0.25) is 0 Å². The van der Waals surface area contributed by atoms with E-state index in [0.29, 0.717) is 5.06 Å². The van der Waals surface area contributed by atoms with Gasteiger partial charge in [0.25, 0.3) is 0 Å². The average Bonchev–Trinajstić information content (AvgIpc) is 2.28. The van der Waals surface area contributed by atoms with E-state index in [4.69, 9.17) is 15.4 Å². The summed E-state index contributed by atoms with van der Waals surface area (Å²) in [5.74, 6) is 0. The summed E-state index contributed by atoms with van der Waals surface area (Å²) in [5, 5.41) is 26.6. The standard InChI is InChI=1S/C5H10N2O4/c8-2-4-1-7(11)5(10)6(4)3-9/h4,8-9,11H,1-3H2. The van der Waals surface area contributed by atoms with Crippen molar-refractivity contribution in [3.8, 4) is 0 Å². The molecule has 6 heteroatoms. The van der Waals surface area contributed by atoms with Crippen LogP contribution in [0.15, 0.2) is 0 Å². The van der Waals surface area contributed by atoms with Crippen LogP contribution >= 0.6 is 0 Å². The molecule has 11 heavy (non-hydrogen) atoms. The van der Waals surface area contributed by atoms with Gasteiger partial charge in [-0.1, -0.05) is 0 Å². The summed E-state index contributed by atoms with van der Waals surface area (Å²) in [7, 11) is 0. The number of hydrogen-bond donors (Lipinski definition) is 3. The minimum atomic E-state index is -0.674. The summed E-state index contributed by atoms with van der Waals surface area (Å²) in [6.07, 6.45) is 0. The third-order valence-electron chi connectivity index (χ3n) is 1.65. The smallest absolute Gasteiger partial charge is 0.346 e. The number of carbonyl (C=O) groups excluding carboxylic acids is 1. The zero-order valence-electron chi connectivity index (χ0n) is 5.84. The number of aliphatic hydroxyl groups excluding tert-OH is 2. The summed E-state index contributed by atoms with van der Waals surface area (Å²) in [6.45, 7) is -0.708. The largest absolute Gasteiger partial charge is 0.394 e. The number of hydroxylamine groups is 2. The van der Waals surface area contributed by atoms with Gasteiger partial charge in [-0.15, -0.1) is 0 Å². The predicted octanol–water partition coefficient (Wildman–Crippen LogP) is -1.58. The Labute approximate surface area is 63.2 Å². The zero-order valence-corrected chi connectivity index (χ0v) is 5.84. The van der Waals surface area contributed by atoms with E-state index in [1.54, 1.807) is 0 Å². The van der Waals surface area contributed by atoms with Gasteiger partial charge in [-0.25, -0.2) is 9.86 Å². The van der Waals surface area contributed by atoms with Gasteiger partial charge in [0.2, 0.25) is 0 Å². The third-order valence-corrected chi connectivity index (χ3v) is 1.65. The fourth-order valence-electron chi connectivity index (χ4n) is 1.01. The van der Waals surface area contributed by atoms with E-state index in [2.05, 4.69) is 0 Å². The third kappa shape index (κ3) is 1.28. The highest BCUT2D eigenvalue weighted by Crippen LogP contribution is 2.11. The fourth-order valence-corrected chi connectivity index (χ4v) is 1.01. The van der Waals surface area contributed by atoms with Gasteiger partial charge in [-0.05, 0) is 0 Å². The maximum Gasteiger partial charge on any atom is 0.346 e. The molecule has 0 aromatic rings. The number of urea groups is 1. The first kappa shape index (κ1) is 8.25. The second-order valence-corrected chi connectivity index (χ2v) is 2.31. The van der Waals surface area contributed by atoms with Crippen LogP contribution in [0.5, 0.6) is 0 Å². The molecule has 1 fully saturated rings. The lowest BCUT2D eigenvalue weighted by atomic mass is 10.3. The Balaban J connectivity index is 2.64. The van der Waals surface area contributed by atoms with Crippen LogP contribution in [0.3, 0.4) is 0 Å². The van der Waals surface area contributed by atoms with Crippen molar-refractivity contribution >= 4 is 6.03 Å². The van der Waals surface area contributed by atoms with Crippen LogP contribution in [-0.2, 0) is 0 Å². The molecular formula is C5H10N2O4. The molecule has 1 aliphatic heterocycles. The Morgan fingerprint density at radius 1 is 1.55 bits per heavy atom. The van der Waals surface area contributed by atoms with E-state index < -0.39 is 18.8 Å². The highest BCUT2D eigenvalue weighted by molar-refractivity contribution is 5.75. The van der Waals surface area contributed by atoms with Crippen molar-refractivity contribution < 1.29 is 20.2 Å². The molecular weight excluding hydrogens is 152 g/mol. The van der Waals surface area contributed by atoms with Gasteiger partial charge in [0.15, 0.2) is 0 Å². The summed E-state index contributed by atoms with van der Waals surface area (Å²) in [5.41, 5.74) is 0. The van der Waals surface area contributed by atoms with Crippen molar-refractivity contribution in [3.05, 3.63) is 0 Å². The molecule has 1 atom stereocenters. The summed E-state index contributed by atoms with van der Waals surface area (Å²) in [4.78, 5) is 11.8. The van der Waals surface area contributed by atoms with E-state index >= 15 is 0 Å².